The van der Waals surface area contributed by atoms with Gasteiger partial charge in [0.15, 0.2) is 34.5 Å². The number of phosphoric ester groups is 2. The minimum absolute atomic E-state index is 0.0730. The third-order valence-electron chi connectivity index (χ3n) is 7.84. The summed E-state index contributed by atoms with van der Waals surface area (Å²) in [7, 11) is -9.97. The minimum atomic E-state index is -5.03. The number of aromatic nitrogens is 8. The molecule has 4 aromatic heterocycles. The van der Waals surface area contributed by atoms with Crippen molar-refractivity contribution < 1.29 is 51.6 Å². The van der Waals surface area contributed by atoms with Crippen LogP contribution in [0.1, 0.15) is 18.9 Å². The Morgan fingerprint density at radius 2 is 1.66 bits per heavy atom. The topological polar surface area (TPSA) is 309 Å². The summed E-state index contributed by atoms with van der Waals surface area (Å²) in [5.41, 5.74) is 8.96. The monoisotopic (exact) mass is 656 g/mol. The van der Waals surface area contributed by atoms with E-state index < -0.39 is 76.4 Å². The fourth-order valence-electron chi connectivity index (χ4n) is 5.80. The number of phosphoric acid groups is 2. The molecule has 4 fully saturated rings. The smallest absolute Gasteiger partial charge is 0.382 e. The molecule has 10 atom stereocenters. The van der Waals surface area contributed by atoms with Crippen LogP contribution in [0.3, 0.4) is 0 Å². The molecule has 4 aliphatic rings. The SMILES string of the molecule is Nc1nc2c(ncn2[C@@H]2O[C@@H]3C4OP(=O)(O)O[C@H]5C[C@H](n6cnc7c(N)ncnc76)O[C@@H]5COP(=O)(O)O[C@@H]2[C@@]43O)c(=O)[nH]1. The van der Waals surface area contributed by atoms with Crippen molar-refractivity contribution in [3.05, 3.63) is 29.3 Å². The van der Waals surface area contributed by atoms with Crippen molar-refractivity contribution >= 4 is 49.7 Å². The van der Waals surface area contributed by atoms with E-state index >= 15 is 0 Å². The van der Waals surface area contributed by atoms with Crippen LogP contribution in [0.4, 0.5) is 11.8 Å². The fourth-order valence-corrected chi connectivity index (χ4v) is 7.93. The van der Waals surface area contributed by atoms with E-state index in [9.17, 15) is 28.8 Å². The first-order chi connectivity index (χ1) is 20.8. The largest absolute Gasteiger partial charge is 0.473 e. The Morgan fingerprint density at radius 1 is 0.909 bits per heavy atom. The van der Waals surface area contributed by atoms with Gasteiger partial charge >= 0.3 is 15.6 Å². The van der Waals surface area contributed by atoms with Gasteiger partial charge in [0.05, 0.1) is 19.3 Å². The third kappa shape index (κ3) is 4.23. The van der Waals surface area contributed by atoms with Crippen LogP contribution in [-0.4, -0.2) is 96.7 Å². The van der Waals surface area contributed by atoms with Gasteiger partial charge in [0.2, 0.25) is 5.95 Å². The van der Waals surface area contributed by atoms with E-state index in [-0.39, 0.29) is 34.9 Å². The maximum atomic E-state index is 13.2. The molecule has 234 valence electrons. The van der Waals surface area contributed by atoms with Gasteiger partial charge in [-0.1, -0.05) is 0 Å². The second kappa shape index (κ2) is 9.31. The van der Waals surface area contributed by atoms with E-state index in [4.69, 9.17) is 39.0 Å². The Morgan fingerprint density at radius 3 is 2.48 bits per heavy atom. The van der Waals surface area contributed by atoms with Crippen molar-refractivity contribution in [1.29, 1.82) is 0 Å². The van der Waals surface area contributed by atoms with E-state index in [2.05, 4.69) is 29.9 Å². The molecule has 0 radical (unpaired) electrons. The van der Waals surface area contributed by atoms with E-state index in [1.807, 2.05) is 0 Å². The lowest BCUT2D eigenvalue weighted by molar-refractivity contribution is -0.102. The van der Waals surface area contributed by atoms with Crippen LogP contribution in [-0.2, 0) is 36.7 Å². The van der Waals surface area contributed by atoms with Crippen LogP contribution in [0.2, 0.25) is 0 Å². The quantitative estimate of drug-likeness (QED) is 0.133. The van der Waals surface area contributed by atoms with Gasteiger partial charge in [0, 0.05) is 6.42 Å². The molecule has 3 saturated heterocycles. The first-order valence-corrected chi connectivity index (χ1v) is 15.9. The zero-order chi connectivity index (χ0) is 30.8. The van der Waals surface area contributed by atoms with Crippen molar-refractivity contribution in [1.82, 2.24) is 39.0 Å². The van der Waals surface area contributed by atoms with Crippen molar-refractivity contribution in [2.75, 3.05) is 18.1 Å². The van der Waals surface area contributed by atoms with Crippen LogP contribution in [0.25, 0.3) is 22.3 Å². The lowest BCUT2D eigenvalue weighted by Gasteiger charge is -2.30. The Hall–Kier alpha value is -3.40. The summed E-state index contributed by atoms with van der Waals surface area (Å²) in [4.78, 5) is 56.2. The van der Waals surface area contributed by atoms with Crippen molar-refractivity contribution in [3.63, 3.8) is 0 Å². The summed E-state index contributed by atoms with van der Waals surface area (Å²) in [6, 6.07) is 0. The second-order valence-corrected chi connectivity index (χ2v) is 13.3. The number of fused-ring (bicyclic) bond motifs is 4. The highest BCUT2D eigenvalue weighted by atomic mass is 31.2. The molecule has 4 aromatic rings. The van der Waals surface area contributed by atoms with E-state index in [1.165, 1.54) is 17.2 Å². The Labute approximate surface area is 243 Å². The second-order valence-electron chi connectivity index (χ2n) is 10.5. The van der Waals surface area contributed by atoms with E-state index in [0.717, 1.165) is 10.9 Å². The molecule has 0 spiro atoms. The number of ether oxygens (including phenoxy) is 2. The number of hydrogen-bond donors (Lipinski definition) is 6. The van der Waals surface area contributed by atoms with Crippen LogP contribution in [0.5, 0.6) is 0 Å². The number of H-pyrrole nitrogens is 1. The van der Waals surface area contributed by atoms with Crippen LogP contribution in [0.15, 0.2) is 23.8 Å². The number of rotatable bonds is 2. The number of nitrogens with zero attached hydrogens (tertiary/aromatic N) is 7. The average Bonchev–Trinajstić information content (AvgIpc) is 3.51. The average molecular weight is 656 g/mol. The maximum Gasteiger partial charge on any atom is 0.473 e. The Bertz CT molecular complexity index is 1990. The molecule has 3 aliphatic heterocycles. The summed E-state index contributed by atoms with van der Waals surface area (Å²) in [6.07, 6.45) is -5.72. The van der Waals surface area contributed by atoms with Crippen LogP contribution < -0.4 is 17.0 Å². The first-order valence-electron chi connectivity index (χ1n) is 12.9. The number of aromatic amines is 1. The number of imidazole rings is 2. The zero-order valence-electron chi connectivity index (χ0n) is 21.9. The van der Waals surface area contributed by atoms with Gasteiger partial charge in [-0.2, -0.15) is 4.98 Å². The molecule has 1 aliphatic carbocycles. The Kier molecular flexibility index (Phi) is 5.95. The van der Waals surface area contributed by atoms with E-state index in [1.54, 1.807) is 0 Å². The lowest BCUT2D eigenvalue weighted by atomic mass is 10.1. The molecule has 1 saturated carbocycles. The molecule has 44 heavy (non-hydrogen) atoms. The standard InChI is InChI=1S/C20H22N10O12P2/c21-14-9-15(24-3-23-14)29(4-25-9)8-1-6-7(38-8)2-37-43(33,34)42-13-18(30-5-26-10-16(30)27-19(22)28-17(10)31)39-11-12(20(11,13)32)41-44(35,36)40-6/h3-8,11-13,18,32H,1-2H2,(H,33,34)(H,35,36)(H2,21,23,24)(H3,22,27,28,31)/t6-,7+,8+,11+,12?,13-,18+,20-/m0/s1. The summed E-state index contributed by atoms with van der Waals surface area (Å²) in [6.45, 7) is -0.663. The highest BCUT2D eigenvalue weighted by Gasteiger charge is 2.81. The summed E-state index contributed by atoms with van der Waals surface area (Å²) < 4.78 is 62.2. The molecule has 22 nitrogen and oxygen atoms in total. The van der Waals surface area contributed by atoms with E-state index in [0.29, 0.717) is 5.65 Å². The number of nitrogen functional groups attached to an aromatic ring is 2. The summed E-state index contributed by atoms with van der Waals surface area (Å²) >= 11 is 0. The maximum absolute atomic E-state index is 13.2. The molecule has 3 unspecified atom stereocenters. The number of anilines is 2. The Balaban J connectivity index is 1.11. The van der Waals surface area contributed by atoms with Gasteiger partial charge in [-0.25, -0.2) is 29.1 Å². The van der Waals surface area contributed by atoms with Gasteiger partial charge < -0.3 is 35.8 Å². The van der Waals surface area contributed by atoms with Gasteiger partial charge in [-0.15, -0.1) is 0 Å². The van der Waals surface area contributed by atoms with Crippen molar-refractivity contribution in [3.8, 4) is 0 Å². The van der Waals surface area contributed by atoms with Crippen molar-refractivity contribution in [2.24, 2.45) is 0 Å². The predicted octanol–water partition coefficient (Wildman–Crippen LogP) is -1.56. The molecule has 24 heteroatoms. The molecular weight excluding hydrogens is 634 g/mol. The molecule has 0 bridgehead atoms. The predicted molar refractivity (Wildman–Crippen MR) is 140 cm³/mol. The molecule has 8 rings (SSSR count). The van der Waals surface area contributed by atoms with Crippen LogP contribution >= 0.6 is 15.6 Å². The highest BCUT2D eigenvalue weighted by Crippen LogP contribution is 2.65. The number of aliphatic hydroxyl groups is 1. The molecule has 0 amide bonds. The third-order valence-corrected chi connectivity index (χ3v) is 9.84. The van der Waals surface area contributed by atoms with Gasteiger partial charge in [0.1, 0.15) is 48.6 Å². The van der Waals surface area contributed by atoms with Crippen molar-refractivity contribution in [2.45, 2.75) is 55.0 Å². The van der Waals surface area contributed by atoms with Gasteiger partial charge in [-0.05, 0) is 0 Å². The number of hydrogen-bond acceptors (Lipinski definition) is 17. The van der Waals surface area contributed by atoms with Gasteiger partial charge in [0.25, 0.3) is 5.56 Å². The lowest BCUT2D eigenvalue weighted by Crippen LogP contribution is -2.40. The summed E-state index contributed by atoms with van der Waals surface area (Å²) in [5, 5.41) is 11.5. The highest BCUT2D eigenvalue weighted by molar-refractivity contribution is 7.47. The van der Waals surface area contributed by atoms with Gasteiger partial charge in [-0.3, -0.25) is 37.0 Å². The molecule has 8 N–H and O–H groups in total. The number of nitrogens with two attached hydrogens (primary N) is 2. The molecule has 7 heterocycles. The normalized spacial score (nSPS) is 40.4. The summed E-state index contributed by atoms with van der Waals surface area (Å²) in [5.74, 6) is -0.142. The number of nitrogens with one attached hydrogen (secondary N) is 1. The molecule has 0 aromatic carbocycles. The molecular formula is C20H22N10O12P2. The minimum Gasteiger partial charge on any atom is -0.382 e. The fraction of sp³-hybridized carbons (Fsp3) is 0.500. The van der Waals surface area contributed by atoms with Crippen LogP contribution in [0, 0.1) is 0 Å². The first kappa shape index (κ1) is 28.1. The zero-order valence-corrected chi connectivity index (χ0v) is 23.7.